The van der Waals surface area contributed by atoms with Gasteiger partial charge < -0.3 is 20.1 Å². The molecule has 0 spiro atoms. The number of hydrogen-bond donors (Lipinski definition) is 3. The first-order chi connectivity index (χ1) is 20.8. The number of rotatable bonds is 12. The molecular formula is C40H58O5. The fourth-order valence-electron chi connectivity index (χ4n) is 7.50. The van der Waals surface area contributed by atoms with Crippen LogP contribution in [0.4, 0.5) is 0 Å². The summed E-state index contributed by atoms with van der Waals surface area (Å²) < 4.78 is 5.97. The molecule has 3 rings (SSSR count). The number of Topliss-reactive ketones (excluding diaryl/α,β-unsaturated/α-hetero) is 1. The molecule has 0 amide bonds. The minimum atomic E-state index is -1.33. The van der Waals surface area contributed by atoms with Gasteiger partial charge in [-0.05, 0) is 89.2 Å². The van der Waals surface area contributed by atoms with Crippen LogP contribution in [0.3, 0.4) is 0 Å². The molecule has 248 valence electrons. The van der Waals surface area contributed by atoms with E-state index >= 15 is 0 Å². The van der Waals surface area contributed by atoms with E-state index in [-0.39, 0.29) is 35.4 Å². The van der Waals surface area contributed by atoms with Gasteiger partial charge in [-0.25, -0.2) is 0 Å². The standard InChI is InChI=1S/C40H58O5/c1-27(17-13-18-29(3)21-22-35-37(6,7)25-34(43)36-39(35,10)45-36)15-11-12-16-28(2)19-14-20-30(4)33(42)26-40(44)31(5)23-32(41)24-38(40,8)9/h11-20,32,34-36,41,43-44H,5,21-26H2,1-4,6-10H3. The van der Waals surface area contributed by atoms with E-state index in [1.54, 1.807) is 13.0 Å². The fraction of sp³-hybridized carbons (Fsp3) is 0.575. The van der Waals surface area contributed by atoms with Gasteiger partial charge in [0.25, 0.3) is 0 Å². The Balaban J connectivity index is 1.47. The number of allylic oxidation sites excluding steroid dienone is 14. The first kappa shape index (κ1) is 36.9. The van der Waals surface area contributed by atoms with Crippen molar-refractivity contribution in [3.8, 4) is 0 Å². The maximum absolute atomic E-state index is 12.9. The maximum Gasteiger partial charge on any atom is 0.161 e. The van der Waals surface area contributed by atoms with Crippen LogP contribution in [0.2, 0.25) is 0 Å². The number of epoxide rings is 1. The van der Waals surface area contributed by atoms with Gasteiger partial charge >= 0.3 is 0 Å². The third-order valence-electron chi connectivity index (χ3n) is 10.5. The molecule has 1 saturated heterocycles. The normalized spacial score (nSPS) is 34.2. The Bertz CT molecular complexity index is 1330. The zero-order valence-electron chi connectivity index (χ0n) is 29.2. The molecule has 3 aliphatic rings. The lowest BCUT2D eigenvalue weighted by Gasteiger charge is -2.49. The average Bonchev–Trinajstić information content (AvgIpc) is 3.61. The molecule has 6 unspecified atom stereocenters. The van der Waals surface area contributed by atoms with Crippen LogP contribution < -0.4 is 0 Å². The van der Waals surface area contributed by atoms with E-state index in [0.29, 0.717) is 29.9 Å². The average molecular weight is 619 g/mol. The third kappa shape index (κ3) is 9.04. The number of ketones is 1. The van der Waals surface area contributed by atoms with Gasteiger partial charge in [0.1, 0.15) is 6.10 Å². The Morgan fingerprint density at radius 2 is 1.47 bits per heavy atom. The number of carbonyl (C=O) groups excluding carboxylic acids is 1. The smallest absolute Gasteiger partial charge is 0.161 e. The van der Waals surface area contributed by atoms with E-state index in [9.17, 15) is 20.1 Å². The highest BCUT2D eigenvalue weighted by atomic mass is 16.6. The van der Waals surface area contributed by atoms with Gasteiger partial charge in [0, 0.05) is 11.8 Å². The van der Waals surface area contributed by atoms with E-state index in [1.807, 2.05) is 51.2 Å². The molecule has 5 heteroatoms. The van der Waals surface area contributed by atoms with E-state index < -0.39 is 17.1 Å². The largest absolute Gasteiger partial charge is 0.393 e. The lowest BCUT2D eigenvalue weighted by molar-refractivity contribution is -0.130. The summed E-state index contributed by atoms with van der Waals surface area (Å²) in [6.07, 6.45) is 22.8. The topological polar surface area (TPSA) is 90.3 Å². The van der Waals surface area contributed by atoms with Crippen molar-refractivity contribution in [1.82, 2.24) is 0 Å². The Hall–Kier alpha value is -2.57. The molecule has 1 aliphatic heterocycles. The molecule has 1 heterocycles. The summed E-state index contributed by atoms with van der Waals surface area (Å²) in [6.45, 7) is 22.5. The first-order valence-corrected chi connectivity index (χ1v) is 16.5. The molecule has 5 nitrogen and oxygen atoms in total. The summed E-state index contributed by atoms with van der Waals surface area (Å²) in [7, 11) is 0. The van der Waals surface area contributed by atoms with Crippen LogP contribution in [0.25, 0.3) is 0 Å². The number of hydrogen-bond acceptors (Lipinski definition) is 5. The van der Waals surface area contributed by atoms with Crippen molar-refractivity contribution in [2.45, 2.75) is 130 Å². The zero-order valence-corrected chi connectivity index (χ0v) is 29.2. The predicted octanol–water partition coefficient (Wildman–Crippen LogP) is 8.21. The van der Waals surface area contributed by atoms with Crippen molar-refractivity contribution in [3.05, 3.63) is 95.2 Å². The summed E-state index contributed by atoms with van der Waals surface area (Å²) in [5, 5.41) is 31.8. The second kappa shape index (κ2) is 14.5. The predicted molar refractivity (Wildman–Crippen MR) is 186 cm³/mol. The second-order valence-electron chi connectivity index (χ2n) is 15.4. The number of aliphatic hydroxyl groups is 3. The molecule has 0 aromatic carbocycles. The Labute approximate surface area is 272 Å². The van der Waals surface area contributed by atoms with Crippen molar-refractivity contribution in [2.24, 2.45) is 16.7 Å². The number of fused-ring (bicyclic) bond motifs is 1. The van der Waals surface area contributed by atoms with Crippen LogP contribution in [0.1, 0.15) is 101 Å². The van der Waals surface area contributed by atoms with E-state index in [0.717, 1.165) is 30.4 Å². The monoisotopic (exact) mass is 618 g/mol. The van der Waals surface area contributed by atoms with Crippen LogP contribution in [0.5, 0.6) is 0 Å². The van der Waals surface area contributed by atoms with Crippen LogP contribution in [0.15, 0.2) is 95.2 Å². The lowest BCUT2D eigenvalue weighted by atomic mass is 9.60. The van der Waals surface area contributed by atoms with Gasteiger partial charge in [-0.15, -0.1) is 0 Å². The molecule has 2 saturated carbocycles. The molecule has 0 aromatic heterocycles. The summed E-state index contributed by atoms with van der Waals surface area (Å²) in [5.41, 5.74) is 2.56. The molecule has 6 atom stereocenters. The Morgan fingerprint density at radius 3 is 2.04 bits per heavy atom. The van der Waals surface area contributed by atoms with E-state index in [2.05, 4.69) is 65.5 Å². The van der Waals surface area contributed by atoms with Gasteiger partial charge in [-0.2, -0.15) is 0 Å². The number of ether oxygens (including phenoxy) is 1. The van der Waals surface area contributed by atoms with Crippen LogP contribution in [-0.4, -0.2) is 50.6 Å². The molecule has 0 bridgehead atoms. The van der Waals surface area contributed by atoms with Crippen molar-refractivity contribution in [1.29, 1.82) is 0 Å². The van der Waals surface area contributed by atoms with E-state index in [1.165, 1.54) is 5.57 Å². The molecule has 2 aliphatic carbocycles. The van der Waals surface area contributed by atoms with Gasteiger partial charge in [-0.1, -0.05) is 112 Å². The van der Waals surface area contributed by atoms with Crippen molar-refractivity contribution >= 4 is 5.78 Å². The van der Waals surface area contributed by atoms with Crippen molar-refractivity contribution in [3.63, 3.8) is 0 Å². The van der Waals surface area contributed by atoms with Crippen molar-refractivity contribution in [2.75, 3.05) is 0 Å². The highest BCUT2D eigenvalue weighted by Crippen LogP contribution is 2.59. The zero-order chi connectivity index (χ0) is 33.8. The Kier molecular flexibility index (Phi) is 11.9. The quantitative estimate of drug-likeness (QED) is 0.0888. The highest BCUT2D eigenvalue weighted by Gasteiger charge is 2.67. The highest BCUT2D eigenvalue weighted by molar-refractivity contribution is 5.96. The van der Waals surface area contributed by atoms with Gasteiger partial charge in [0.05, 0.1) is 23.4 Å². The van der Waals surface area contributed by atoms with Gasteiger partial charge in [0.2, 0.25) is 0 Å². The van der Waals surface area contributed by atoms with Crippen LogP contribution >= 0.6 is 0 Å². The van der Waals surface area contributed by atoms with Gasteiger partial charge in [0.15, 0.2) is 5.78 Å². The Morgan fingerprint density at radius 1 is 0.889 bits per heavy atom. The molecule has 3 N–H and O–H groups in total. The summed E-state index contributed by atoms with van der Waals surface area (Å²) in [4.78, 5) is 12.9. The lowest BCUT2D eigenvalue weighted by Crippen LogP contribution is -2.53. The first-order valence-electron chi connectivity index (χ1n) is 16.5. The summed E-state index contributed by atoms with van der Waals surface area (Å²) >= 11 is 0. The fourth-order valence-corrected chi connectivity index (χ4v) is 7.50. The molecule has 3 fully saturated rings. The van der Waals surface area contributed by atoms with Gasteiger partial charge in [-0.3, -0.25) is 4.79 Å². The summed E-state index contributed by atoms with van der Waals surface area (Å²) in [6, 6.07) is 0. The molecular weight excluding hydrogens is 560 g/mol. The third-order valence-corrected chi connectivity index (χ3v) is 10.5. The molecule has 45 heavy (non-hydrogen) atoms. The van der Waals surface area contributed by atoms with Crippen LogP contribution in [-0.2, 0) is 9.53 Å². The minimum Gasteiger partial charge on any atom is -0.393 e. The minimum absolute atomic E-state index is 0.00522. The van der Waals surface area contributed by atoms with Crippen molar-refractivity contribution < 1.29 is 24.9 Å². The summed E-state index contributed by atoms with van der Waals surface area (Å²) in [5.74, 6) is 0.318. The number of aliphatic hydroxyl groups excluding tert-OH is 2. The van der Waals surface area contributed by atoms with Crippen LogP contribution in [0, 0.1) is 16.7 Å². The number of carbonyl (C=O) groups is 1. The maximum atomic E-state index is 12.9. The SMILES string of the molecule is C=C1CC(O)CC(C)(C)C1(O)CC(=O)C(C)=CC=CC(C)=CC=CC=C(C)C=CC=C(C)CCC1C(C)(C)CC(O)C2OC21C. The molecule has 0 radical (unpaired) electrons. The molecule has 0 aromatic rings. The second-order valence-corrected chi connectivity index (χ2v) is 15.4. The van der Waals surface area contributed by atoms with E-state index in [4.69, 9.17) is 4.74 Å².